The SMILES string of the molecule is CC(C)(C)c1ccc2nonc2n1. The quantitative estimate of drug-likeness (QED) is 0.616. The maximum absolute atomic E-state index is 4.57. The summed E-state index contributed by atoms with van der Waals surface area (Å²) in [7, 11) is 0. The summed E-state index contributed by atoms with van der Waals surface area (Å²) >= 11 is 0. The fourth-order valence-electron chi connectivity index (χ4n) is 1.10. The molecule has 0 aliphatic carbocycles. The second kappa shape index (κ2) is 2.52. The number of rotatable bonds is 0. The Kier molecular flexibility index (Phi) is 1.58. The Morgan fingerprint density at radius 2 is 1.92 bits per heavy atom. The first-order valence-corrected chi connectivity index (χ1v) is 4.17. The molecule has 13 heavy (non-hydrogen) atoms. The van der Waals surface area contributed by atoms with Crippen molar-refractivity contribution >= 4 is 11.2 Å². The van der Waals surface area contributed by atoms with Gasteiger partial charge in [-0.3, -0.25) is 0 Å². The van der Waals surface area contributed by atoms with Crippen molar-refractivity contribution in [3.8, 4) is 0 Å². The van der Waals surface area contributed by atoms with Gasteiger partial charge < -0.3 is 0 Å². The third kappa shape index (κ3) is 1.39. The highest BCUT2D eigenvalue weighted by atomic mass is 16.6. The first-order valence-electron chi connectivity index (χ1n) is 4.17. The van der Waals surface area contributed by atoms with Crippen molar-refractivity contribution in [3.05, 3.63) is 17.8 Å². The first kappa shape index (κ1) is 8.16. The van der Waals surface area contributed by atoms with Gasteiger partial charge in [-0.05, 0) is 22.4 Å². The minimum atomic E-state index is 0.0349. The molecule has 2 heterocycles. The smallest absolute Gasteiger partial charge is 0.224 e. The summed E-state index contributed by atoms with van der Waals surface area (Å²) in [5.74, 6) is 0. The first-order chi connectivity index (χ1) is 6.07. The molecular formula is C9H11N3O. The second-order valence-electron chi connectivity index (χ2n) is 4.05. The molecule has 0 fully saturated rings. The van der Waals surface area contributed by atoms with E-state index in [4.69, 9.17) is 0 Å². The fraction of sp³-hybridized carbons (Fsp3) is 0.444. The summed E-state index contributed by atoms with van der Waals surface area (Å²) in [6.45, 7) is 6.32. The molecule has 2 aromatic heterocycles. The molecule has 0 radical (unpaired) electrons. The molecule has 0 aromatic carbocycles. The molecule has 0 bridgehead atoms. The van der Waals surface area contributed by atoms with E-state index < -0.39 is 0 Å². The van der Waals surface area contributed by atoms with Crippen LogP contribution in [0, 0.1) is 0 Å². The Hall–Kier alpha value is -1.45. The highest BCUT2D eigenvalue weighted by Crippen LogP contribution is 2.21. The number of hydrogen-bond donors (Lipinski definition) is 0. The van der Waals surface area contributed by atoms with Crippen molar-refractivity contribution in [2.75, 3.05) is 0 Å². The zero-order chi connectivity index (χ0) is 9.47. The highest BCUT2D eigenvalue weighted by molar-refractivity contribution is 5.68. The van der Waals surface area contributed by atoms with Crippen molar-refractivity contribution in [2.24, 2.45) is 0 Å². The van der Waals surface area contributed by atoms with Gasteiger partial charge in [0.15, 0.2) is 5.52 Å². The number of aromatic nitrogens is 3. The van der Waals surface area contributed by atoms with Crippen LogP contribution in [0.4, 0.5) is 0 Å². The summed E-state index contributed by atoms with van der Waals surface area (Å²) in [6, 6.07) is 3.83. The molecule has 4 heteroatoms. The molecular weight excluding hydrogens is 166 g/mol. The monoisotopic (exact) mass is 177 g/mol. The molecule has 0 saturated heterocycles. The second-order valence-corrected chi connectivity index (χ2v) is 4.05. The van der Waals surface area contributed by atoms with E-state index in [1.54, 1.807) is 0 Å². The van der Waals surface area contributed by atoms with Crippen LogP contribution in [0.2, 0.25) is 0 Å². The van der Waals surface area contributed by atoms with Gasteiger partial charge in [0.1, 0.15) is 0 Å². The van der Waals surface area contributed by atoms with Crippen molar-refractivity contribution in [1.29, 1.82) is 0 Å². The van der Waals surface area contributed by atoms with E-state index in [1.807, 2.05) is 12.1 Å². The molecule has 0 N–H and O–H groups in total. The third-order valence-corrected chi connectivity index (χ3v) is 1.89. The largest absolute Gasteiger partial charge is 0.242 e. The van der Waals surface area contributed by atoms with Gasteiger partial charge in [-0.15, -0.1) is 0 Å². The van der Waals surface area contributed by atoms with E-state index in [2.05, 4.69) is 40.7 Å². The summed E-state index contributed by atoms with van der Waals surface area (Å²) in [5, 5.41) is 7.39. The van der Waals surface area contributed by atoms with E-state index in [9.17, 15) is 0 Å². The lowest BCUT2D eigenvalue weighted by atomic mass is 9.92. The van der Waals surface area contributed by atoms with Gasteiger partial charge in [0, 0.05) is 11.1 Å². The normalized spacial score (nSPS) is 12.2. The average molecular weight is 177 g/mol. The molecule has 0 aliphatic rings. The van der Waals surface area contributed by atoms with Crippen LogP contribution in [0.15, 0.2) is 16.8 Å². The minimum Gasteiger partial charge on any atom is -0.242 e. The maximum Gasteiger partial charge on any atom is 0.224 e. The molecule has 2 aromatic rings. The topological polar surface area (TPSA) is 51.8 Å². The lowest BCUT2D eigenvalue weighted by Gasteiger charge is -2.16. The lowest BCUT2D eigenvalue weighted by Crippen LogP contribution is -2.13. The van der Waals surface area contributed by atoms with E-state index in [1.165, 1.54) is 0 Å². The minimum absolute atomic E-state index is 0.0349. The molecule has 68 valence electrons. The van der Waals surface area contributed by atoms with Gasteiger partial charge in [0.2, 0.25) is 5.65 Å². The molecule has 0 spiro atoms. The van der Waals surface area contributed by atoms with Crippen LogP contribution in [0.25, 0.3) is 11.2 Å². The molecule has 0 amide bonds. The van der Waals surface area contributed by atoms with Crippen molar-refractivity contribution in [2.45, 2.75) is 26.2 Å². The van der Waals surface area contributed by atoms with Gasteiger partial charge in [0.05, 0.1) is 0 Å². The van der Waals surface area contributed by atoms with Crippen LogP contribution < -0.4 is 0 Å². The zero-order valence-electron chi connectivity index (χ0n) is 7.90. The van der Waals surface area contributed by atoms with Crippen molar-refractivity contribution in [1.82, 2.24) is 15.3 Å². The average Bonchev–Trinajstić information content (AvgIpc) is 2.47. The van der Waals surface area contributed by atoms with Gasteiger partial charge in [-0.1, -0.05) is 20.8 Å². The van der Waals surface area contributed by atoms with Gasteiger partial charge in [0.25, 0.3) is 0 Å². The Balaban J connectivity index is 2.61. The Morgan fingerprint density at radius 3 is 2.62 bits per heavy atom. The predicted molar refractivity (Wildman–Crippen MR) is 48.3 cm³/mol. The number of hydrogen-bond acceptors (Lipinski definition) is 4. The standard InChI is InChI=1S/C9H11N3O/c1-9(2,3)7-5-4-6-8(10-7)12-13-11-6/h4-5H,1-3H3. The molecule has 0 aliphatic heterocycles. The number of fused-ring (bicyclic) bond motifs is 1. The lowest BCUT2D eigenvalue weighted by molar-refractivity contribution is 0.314. The fourth-order valence-corrected chi connectivity index (χ4v) is 1.10. The van der Waals surface area contributed by atoms with E-state index >= 15 is 0 Å². The van der Waals surface area contributed by atoms with Crippen LogP contribution in [-0.4, -0.2) is 15.3 Å². The Morgan fingerprint density at radius 1 is 1.15 bits per heavy atom. The molecule has 0 atom stereocenters. The zero-order valence-corrected chi connectivity index (χ0v) is 7.90. The van der Waals surface area contributed by atoms with Crippen LogP contribution in [0.1, 0.15) is 26.5 Å². The summed E-state index contributed by atoms with van der Waals surface area (Å²) in [6.07, 6.45) is 0. The summed E-state index contributed by atoms with van der Waals surface area (Å²) in [4.78, 5) is 4.34. The van der Waals surface area contributed by atoms with Crippen LogP contribution >= 0.6 is 0 Å². The molecule has 0 saturated carbocycles. The van der Waals surface area contributed by atoms with E-state index in [0.29, 0.717) is 11.2 Å². The Bertz CT molecular complexity index is 428. The van der Waals surface area contributed by atoms with E-state index in [-0.39, 0.29) is 5.41 Å². The van der Waals surface area contributed by atoms with Gasteiger partial charge >= 0.3 is 0 Å². The van der Waals surface area contributed by atoms with Crippen molar-refractivity contribution < 1.29 is 4.63 Å². The van der Waals surface area contributed by atoms with Crippen LogP contribution in [0.5, 0.6) is 0 Å². The Labute approximate surface area is 75.9 Å². The molecule has 2 rings (SSSR count). The summed E-state index contributed by atoms with van der Waals surface area (Å²) in [5.41, 5.74) is 2.31. The predicted octanol–water partition coefficient (Wildman–Crippen LogP) is 1.92. The number of nitrogens with zero attached hydrogens (tertiary/aromatic N) is 3. The summed E-state index contributed by atoms with van der Waals surface area (Å²) < 4.78 is 4.57. The van der Waals surface area contributed by atoms with Gasteiger partial charge in [-0.25, -0.2) is 9.61 Å². The van der Waals surface area contributed by atoms with Crippen molar-refractivity contribution in [3.63, 3.8) is 0 Å². The van der Waals surface area contributed by atoms with Crippen LogP contribution in [0.3, 0.4) is 0 Å². The molecule has 4 nitrogen and oxygen atoms in total. The molecule has 0 unspecified atom stereocenters. The van der Waals surface area contributed by atoms with E-state index in [0.717, 1.165) is 5.69 Å². The third-order valence-electron chi connectivity index (χ3n) is 1.89. The number of pyridine rings is 1. The van der Waals surface area contributed by atoms with Crippen LogP contribution in [-0.2, 0) is 5.41 Å². The maximum atomic E-state index is 4.57. The highest BCUT2D eigenvalue weighted by Gasteiger charge is 2.16. The van der Waals surface area contributed by atoms with Gasteiger partial charge in [-0.2, -0.15) is 0 Å².